The van der Waals surface area contributed by atoms with Crippen LogP contribution in [0, 0.1) is 11.6 Å². The van der Waals surface area contributed by atoms with Crippen LogP contribution in [0.3, 0.4) is 0 Å². The molecule has 4 heterocycles. The third-order valence-corrected chi connectivity index (χ3v) is 4.62. The van der Waals surface area contributed by atoms with Gasteiger partial charge in [-0.25, -0.2) is 18.3 Å². The van der Waals surface area contributed by atoms with Crippen molar-refractivity contribution in [2.75, 3.05) is 0 Å². The van der Waals surface area contributed by atoms with Crippen molar-refractivity contribution < 1.29 is 13.6 Å². The molecule has 0 saturated heterocycles. The van der Waals surface area contributed by atoms with E-state index in [1.165, 1.54) is 29.0 Å². The maximum Gasteiger partial charge on any atom is 0.219 e. The number of imidazole rings is 1. The number of nitrogens with zero attached hydrogens (tertiary/aromatic N) is 6. The molecule has 0 aliphatic heterocycles. The number of fused-ring (bicyclic) bond motifs is 2. The monoisotopic (exact) mass is 390 g/mol. The van der Waals surface area contributed by atoms with Crippen LogP contribution in [0.1, 0.15) is 16.1 Å². The summed E-state index contributed by atoms with van der Waals surface area (Å²) in [4.78, 5) is 21.1. The van der Waals surface area contributed by atoms with Crippen molar-refractivity contribution in [2.24, 2.45) is 7.05 Å². The van der Waals surface area contributed by atoms with Crippen LogP contribution in [0.4, 0.5) is 8.78 Å². The molecule has 1 aromatic carbocycles. The zero-order chi connectivity index (χ0) is 20.1. The average molecular weight is 390 g/mol. The van der Waals surface area contributed by atoms with Gasteiger partial charge in [-0.3, -0.25) is 14.5 Å². The first kappa shape index (κ1) is 17.1. The molecular weight excluding hydrogens is 378 g/mol. The summed E-state index contributed by atoms with van der Waals surface area (Å²) in [5.74, 6) is -2.80. The lowest BCUT2D eigenvalue weighted by Gasteiger charge is -2.07. The second-order valence-electron chi connectivity index (χ2n) is 6.48. The van der Waals surface area contributed by atoms with Gasteiger partial charge in [-0.05, 0) is 24.3 Å². The Labute approximate surface area is 162 Å². The summed E-state index contributed by atoms with van der Waals surface area (Å²) < 4.78 is 32.5. The van der Waals surface area contributed by atoms with E-state index in [0.717, 1.165) is 11.6 Å². The van der Waals surface area contributed by atoms with Crippen LogP contribution < -0.4 is 0 Å². The Morgan fingerprint density at radius 1 is 1.10 bits per heavy atom. The molecule has 0 bridgehead atoms. The molecule has 0 fully saturated rings. The molecule has 142 valence electrons. The second kappa shape index (κ2) is 6.26. The molecule has 4 aromatic heterocycles. The molecule has 0 saturated carbocycles. The highest BCUT2D eigenvalue weighted by atomic mass is 19.1. The highest BCUT2D eigenvalue weighted by Gasteiger charge is 2.25. The third-order valence-electron chi connectivity index (χ3n) is 4.62. The maximum atomic E-state index is 15.0. The van der Waals surface area contributed by atoms with E-state index >= 15 is 0 Å². The first-order valence-corrected chi connectivity index (χ1v) is 8.64. The number of halogens is 2. The van der Waals surface area contributed by atoms with Crippen molar-refractivity contribution in [3.63, 3.8) is 0 Å². The summed E-state index contributed by atoms with van der Waals surface area (Å²) in [6, 6.07) is 7.41. The van der Waals surface area contributed by atoms with Crippen molar-refractivity contribution in [1.29, 1.82) is 0 Å². The number of ketones is 1. The van der Waals surface area contributed by atoms with E-state index in [2.05, 4.69) is 20.2 Å². The molecule has 0 radical (unpaired) electrons. The Hall–Kier alpha value is -4.01. The molecule has 0 amide bonds. The Morgan fingerprint density at radius 3 is 2.76 bits per heavy atom. The third kappa shape index (κ3) is 2.66. The number of rotatable bonds is 3. The summed E-state index contributed by atoms with van der Waals surface area (Å²) in [5.41, 5.74) is 1.07. The Bertz CT molecular complexity index is 1420. The SMILES string of the molecule is Cn1cc(-c2ccc3ncc(C(=O)c4c(F)cc5ncccc5c4F)n3n2)cn1. The lowest BCUT2D eigenvalue weighted by molar-refractivity contribution is 0.102. The van der Waals surface area contributed by atoms with Crippen LogP contribution in [-0.2, 0) is 7.05 Å². The highest BCUT2D eigenvalue weighted by Crippen LogP contribution is 2.25. The van der Waals surface area contributed by atoms with Crippen LogP contribution in [-0.4, -0.2) is 35.1 Å². The first-order chi connectivity index (χ1) is 14.0. The first-order valence-electron chi connectivity index (χ1n) is 8.64. The molecule has 9 heteroatoms. The zero-order valence-corrected chi connectivity index (χ0v) is 15.0. The van der Waals surface area contributed by atoms with Crippen LogP contribution in [0.2, 0.25) is 0 Å². The maximum absolute atomic E-state index is 15.0. The van der Waals surface area contributed by atoms with Crippen molar-refractivity contribution in [2.45, 2.75) is 0 Å². The molecule has 29 heavy (non-hydrogen) atoms. The summed E-state index contributed by atoms with van der Waals surface area (Å²) in [7, 11) is 1.77. The van der Waals surface area contributed by atoms with Gasteiger partial charge in [-0.1, -0.05) is 0 Å². The lowest BCUT2D eigenvalue weighted by atomic mass is 10.0. The fourth-order valence-electron chi connectivity index (χ4n) is 3.22. The molecule has 0 unspecified atom stereocenters. The van der Waals surface area contributed by atoms with Crippen molar-refractivity contribution in [1.82, 2.24) is 29.4 Å². The molecule has 0 atom stereocenters. The van der Waals surface area contributed by atoms with Crippen LogP contribution in [0.15, 0.2) is 55.1 Å². The molecule has 0 N–H and O–H groups in total. The molecule has 0 spiro atoms. The number of aryl methyl sites for hydroxylation is 1. The quantitative estimate of drug-likeness (QED) is 0.442. The van der Waals surface area contributed by atoms with Gasteiger partial charge in [0.05, 0.1) is 29.2 Å². The largest absolute Gasteiger partial charge is 0.287 e. The lowest BCUT2D eigenvalue weighted by Crippen LogP contribution is -2.12. The van der Waals surface area contributed by atoms with E-state index in [1.54, 1.807) is 36.3 Å². The van der Waals surface area contributed by atoms with E-state index in [-0.39, 0.29) is 16.6 Å². The molecule has 7 nitrogen and oxygen atoms in total. The smallest absolute Gasteiger partial charge is 0.219 e. The zero-order valence-electron chi connectivity index (χ0n) is 15.0. The Kier molecular flexibility index (Phi) is 3.70. The molecule has 0 aliphatic carbocycles. The standard InChI is InChI=1S/C20H12F2N6O/c1-27-10-11(8-25-27)14-4-5-17-24-9-16(28(17)26-14)20(29)18-13(21)7-15-12(19(18)22)3-2-6-23-15/h2-10H,1H3. The second-order valence-corrected chi connectivity index (χ2v) is 6.48. The summed E-state index contributed by atoms with van der Waals surface area (Å²) in [5, 5.41) is 8.57. The number of benzene rings is 1. The predicted molar refractivity (Wildman–Crippen MR) is 100 cm³/mol. The number of carbonyl (C=O) groups is 1. The summed E-state index contributed by atoms with van der Waals surface area (Å²) in [6.45, 7) is 0. The van der Waals surface area contributed by atoms with Gasteiger partial charge >= 0.3 is 0 Å². The minimum absolute atomic E-state index is 0.0493. The molecular formula is C20H12F2N6O. The van der Waals surface area contributed by atoms with E-state index in [4.69, 9.17) is 0 Å². The predicted octanol–water partition coefficient (Wildman–Crippen LogP) is 3.19. The van der Waals surface area contributed by atoms with Gasteiger partial charge in [0.1, 0.15) is 17.3 Å². The van der Waals surface area contributed by atoms with Crippen LogP contribution in [0.25, 0.3) is 27.8 Å². The van der Waals surface area contributed by atoms with Gasteiger partial charge in [-0.15, -0.1) is 0 Å². The van der Waals surface area contributed by atoms with Gasteiger partial charge < -0.3 is 0 Å². The highest BCUT2D eigenvalue weighted by molar-refractivity contribution is 6.10. The van der Waals surface area contributed by atoms with Crippen molar-refractivity contribution >= 4 is 22.3 Å². The number of hydrogen-bond acceptors (Lipinski definition) is 5. The summed E-state index contributed by atoms with van der Waals surface area (Å²) in [6.07, 6.45) is 6.07. The van der Waals surface area contributed by atoms with Gasteiger partial charge in [0.15, 0.2) is 5.65 Å². The average Bonchev–Trinajstić information content (AvgIpc) is 3.33. The fourth-order valence-corrected chi connectivity index (χ4v) is 3.22. The van der Waals surface area contributed by atoms with E-state index in [9.17, 15) is 13.6 Å². The Morgan fingerprint density at radius 2 is 1.97 bits per heavy atom. The minimum atomic E-state index is -0.989. The molecule has 0 aliphatic rings. The number of hydrogen-bond donors (Lipinski definition) is 0. The van der Waals surface area contributed by atoms with E-state index in [1.807, 2.05) is 0 Å². The van der Waals surface area contributed by atoms with E-state index in [0.29, 0.717) is 11.3 Å². The topological polar surface area (TPSA) is 78.0 Å². The van der Waals surface area contributed by atoms with E-state index < -0.39 is 23.0 Å². The van der Waals surface area contributed by atoms with Crippen LogP contribution in [0.5, 0.6) is 0 Å². The van der Waals surface area contributed by atoms with Crippen molar-refractivity contribution in [3.8, 4) is 11.3 Å². The number of pyridine rings is 1. The van der Waals surface area contributed by atoms with Crippen LogP contribution >= 0.6 is 0 Å². The normalized spacial score (nSPS) is 11.4. The number of aromatic nitrogens is 6. The molecule has 5 rings (SSSR count). The van der Waals surface area contributed by atoms with Gasteiger partial charge in [0.25, 0.3) is 0 Å². The fraction of sp³-hybridized carbons (Fsp3) is 0.0500. The van der Waals surface area contributed by atoms with Gasteiger partial charge in [0.2, 0.25) is 5.78 Å². The number of carbonyl (C=O) groups excluding carboxylic acids is 1. The minimum Gasteiger partial charge on any atom is -0.287 e. The summed E-state index contributed by atoms with van der Waals surface area (Å²) >= 11 is 0. The van der Waals surface area contributed by atoms with Crippen molar-refractivity contribution in [3.05, 3.63) is 78.0 Å². The van der Waals surface area contributed by atoms with Gasteiger partial charge in [0, 0.05) is 36.5 Å². The van der Waals surface area contributed by atoms with Gasteiger partial charge in [-0.2, -0.15) is 10.2 Å². The Balaban J connectivity index is 1.68. The molecule has 5 aromatic rings.